The molecule has 536 valence electrons. The van der Waals surface area contributed by atoms with Crippen LogP contribution in [0.1, 0.15) is 337 Å². The summed E-state index contributed by atoms with van der Waals surface area (Å²) < 4.78 is 68.3. The molecule has 19 heteroatoms. The van der Waals surface area contributed by atoms with E-state index in [1.807, 2.05) is 0 Å². The second-order valence-corrected chi connectivity index (χ2v) is 29.4. The van der Waals surface area contributed by atoms with Crippen molar-refractivity contribution in [3.63, 3.8) is 0 Å². The first-order valence-corrected chi connectivity index (χ1v) is 39.7. The maximum Gasteiger partial charge on any atom is 0.472 e. The van der Waals surface area contributed by atoms with Crippen LogP contribution in [0, 0.1) is 17.8 Å². The first kappa shape index (κ1) is 88.5. The summed E-state index contributed by atoms with van der Waals surface area (Å²) in [7, 11) is -9.92. The van der Waals surface area contributed by atoms with Crippen molar-refractivity contribution >= 4 is 39.5 Å². The first-order chi connectivity index (χ1) is 43.8. The Morgan fingerprint density at radius 2 is 0.648 bits per heavy atom. The van der Waals surface area contributed by atoms with Gasteiger partial charge in [0.15, 0.2) is 12.2 Å². The molecule has 0 amide bonds. The molecular weight excluding hydrogens is 1200 g/mol. The van der Waals surface area contributed by atoms with Gasteiger partial charge in [-0.1, -0.05) is 285 Å². The zero-order chi connectivity index (χ0) is 67.3. The summed E-state index contributed by atoms with van der Waals surface area (Å²) in [6, 6.07) is 0. The molecule has 0 spiro atoms. The summed E-state index contributed by atoms with van der Waals surface area (Å²) in [5.41, 5.74) is 0. The van der Waals surface area contributed by atoms with Crippen LogP contribution in [0.2, 0.25) is 0 Å². The fourth-order valence-electron chi connectivity index (χ4n) is 10.3. The number of phosphoric acid groups is 2. The number of carbonyl (C=O) groups is 4. The van der Waals surface area contributed by atoms with Gasteiger partial charge in [-0.2, -0.15) is 0 Å². The minimum Gasteiger partial charge on any atom is -0.462 e. The number of ether oxygens (including phenoxy) is 4. The second-order valence-electron chi connectivity index (χ2n) is 26.5. The summed E-state index contributed by atoms with van der Waals surface area (Å²) in [5, 5.41) is 10.6. The Hall–Kier alpha value is -2.46. The number of rotatable bonds is 68. The van der Waals surface area contributed by atoms with Crippen LogP contribution in [-0.4, -0.2) is 96.7 Å². The molecule has 0 aromatic heterocycles. The highest BCUT2D eigenvalue weighted by Gasteiger charge is 2.30. The molecule has 6 atom stereocenters. The van der Waals surface area contributed by atoms with Crippen molar-refractivity contribution in [3.05, 3.63) is 24.3 Å². The summed E-state index contributed by atoms with van der Waals surface area (Å²) in [5.74, 6) is 0.0828. The van der Waals surface area contributed by atoms with E-state index in [0.717, 1.165) is 121 Å². The molecule has 0 saturated carbocycles. The van der Waals surface area contributed by atoms with E-state index in [1.165, 1.54) is 128 Å². The third-order valence-electron chi connectivity index (χ3n) is 16.4. The first-order valence-electron chi connectivity index (χ1n) is 36.7. The molecule has 0 heterocycles. The molecule has 0 fully saturated rings. The van der Waals surface area contributed by atoms with Crippen molar-refractivity contribution < 1.29 is 80.2 Å². The van der Waals surface area contributed by atoms with Crippen molar-refractivity contribution in [1.82, 2.24) is 0 Å². The third-order valence-corrected chi connectivity index (χ3v) is 18.3. The van der Waals surface area contributed by atoms with Crippen LogP contribution in [0.3, 0.4) is 0 Å². The molecular formula is C72H136O17P2. The second kappa shape index (κ2) is 62.4. The normalized spacial score (nSPS) is 14.6. The number of allylic oxidation sites excluding steroid dienone is 4. The van der Waals surface area contributed by atoms with Crippen molar-refractivity contribution in [2.24, 2.45) is 17.8 Å². The van der Waals surface area contributed by atoms with Gasteiger partial charge in [0.25, 0.3) is 0 Å². The average molecular weight is 1340 g/mol. The SMILES string of the molecule is CCCCCC/C=C\C=C/CCCCCCCC(=O)O[C@H](COC(=O)CCCCCCCCCC(C)C)COP(=O)(O)OCC(O)COP(=O)(O)OC[C@@H](COC(=O)CCCCCCCCCCCCCC(C)C)OC(=O)CCCCCCCCCCC(C)CC. The Labute approximate surface area is 554 Å². The molecule has 0 aliphatic rings. The van der Waals surface area contributed by atoms with Crippen LogP contribution < -0.4 is 0 Å². The largest absolute Gasteiger partial charge is 0.472 e. The molecule has 0 aliphatic carbocycles. The maximum absolute atomic E-state index is 13.0. The molecule has 0 rings (SSSR count). The molecule has 4 unspecified atom stereocenters. The number of hydrogen-bond donors (Lipinski definition) is 3. The Bertz CT molecular complexity index is 1880. The lowest BCUT2D eigenvalue weighted by Gasteiger charge is -2.21. The van der Waals surface area contributed by atoms with Gasteiger partial charge in [-0.25, -0.2) is 9.13 Å². The zero-order valence-corrected chi connectivity index (χ0v) is 60.6. The van der Waals surface area contributed by atoms with E-state index in [0.29, 0.717) is 31.6 Å². The molecule has 0 radical (unpaired) electrons. The molecule has 0 aromatic rings. The van der Waals surface area contributed by atoms with E-state index in [-0.39, 0.29) is 25.7 Å². The highest BCUT2D eigenvalue weighted by Crippen LogP contribution is 2.45. The summed E-state index contributed by atoms with van der Waals surface area (Å²) in [6.45, 7) is 11.7. The van der Waals surface area contributed by atoms with Gasteiger partial charge in [0.05, 0.1) is 26.4 Å². The van der Waals surface area contributed by atoms with E-state index in [1.54, 1.807) is 0 Å². The summed E-state index contributed by atoms with van der Waals surface area (Å²) >= 11 is 0. The van der Waals surface area contributed by atoms with Gasteiger partial charge in [0, 0.05) is 25.7 Å². The molecule has 3 N–H and O–H groups in total. The summed E-state index contributed by atoms with van der Waals surface area (Å²) in [4.78, 5) is 72.6. The number of esters is 4. The van der Waals surface area contributed by atoms with Gasteiger partial charge in [0.1, 0.15) is 19.3 Å². The molecule has 91 heavy (non-hydrogen) atoms. The Balaban J connectivity index is 5.29. The van der Waals surface area contributed by atoms with Crippen LogP contribution in [0.5, 0.6) is 0 Å². The van der Waals surface area contributed by atoms with E-state index >= 15 is 0 Å². The molecule has 0 saturated heterocycles. The minimum absolute atomic E-state index is 0.0838. The van der Waals surface area contributed by atoms with Crippen molar-refractivity contribution in [2.75, 3.05) is 39.6 Å². The van der Waals surface area contributed by atoms with Crippen LogP contribution in [0.25, 0.3) is 0 Å². The number of aliphatic hydroxyl groups excluding tert-OH is 1. The highest BCUT2D eigenvalue weighted by atomic mass is 31.2. The monoisotopic (exact) mass is 1330 g/mol. The number of unbranched alkanes of at least 4 members (excludes halogenated alkanes) is 32. The predicted molar refractivity (Wildman–Crippen MR) is 367 cm³/mol. The van der Waals surface area contributed by atoms with E-state index in [2.05, 4.69) is 72.8 Å². The van der Waals surface area contributed by atoms with Gasteiger partial charge in [0.2, 0.25) is 0 Å². The highest BCUT2D eigenvalue weighted by molar-refractivity contribution is 7.47. The Morgan fingerprint density at radius 3 is 0.978 bits per heavy atom. The van der Waals surface area contributed by atoms with Crippen LogP contribution in [-0.2, 0) is 65.4 Å². The lowest BCUT2D eigenvalue weighted by Crippen LogP contribution is -2.30. The molecule has 0 aliphatic heterocycles. The van der Waals surface area contributed by atoms with Crippen molar-refractivity contribution in [2.45, 2.75) is 356 Å². The third kappa shape index (κ3) is 64.6. The van der Waals surface area contributed by atoms with Crippen molar-refractivity contribution in [1.29, 1.82) is 0 Å². The smallest absolute Gasteiger partial charge is 0.462 e. The quantitative estimate of drug-likeness (QED) is 0.0169. The predicted octanol–water partition coefficient (Wildman–Crippen LogP) is 20.2. The van der Waals surface area contributed by atoms with E-state index in [9.17, 15) is 43.2 Å². The molecule has 0 aromatic carbocycles. The van der Waals surface area contributed by atoms with Gasteiger partial charge in [-0.15, -0.1) is 0 Å². The summed E-state index contributed by atoms with van der Waals surface area (Å²) in [6.07, 6.45) is 49.4. The lowest BCUT2D eigenvalue weighted by atomic mass is 9.99. The van der Waals surface area contributed by atoms with E-state index < -0.39 is 97.5 Å². The van der Waals surface area contributed by atoms with Gasteiger partial charge in [-0.05, 0) is 69.1 Å². The lowest BCUT2D eigenvalue weighted by molar-refractivity contribution is -0.161. The standard InChI is InChI=1S/C72H136O17P2/c1-8-10-11-12-13-14-15-16-17-18-21-25-33-41-48-55-71(76)88-68(60-83-70(75)54-47-40-35-28-30-37-44-51-64(5)6)62-87-91(80,81)85-58-66(73)57-84-90(78,79)86-61-67(89-72(77)56-49-42-34-27-26-31-38-45-52-65(7)9-2)59-82-69(74)53-46-39-32-24-22-19-20-23-29-36-43-50-63(3)4/h14-17,63-68,73H,8-13,18-62H2,1-7H3,(H,78,79)(H,80,81)/b15-14-,17-16-/t65?,66?,67-,68-/m1/s1. The molecule has 17 nitrogen and oxygen atoms in total. The van der Waals surface area contributed by atoms with Gasteiger partial charge < -0.3 is 33.8 Å². The Morgan fingerprint density at radius 1 is 0.363 bits per heavy atom. The minimum atomic E-state index is -4.96. The van der Waals surface area contributed by atoms with Crippen molar-refractivity contribution in [3.8, 4) is 0 Å². The fourth-order valence-corrected chi connectivity index (χ4v) is 11.9. The average Bonchev–Trinajstić information content (AvgIpc) is 3.69. The zero-order valence-electron chi connectivity index (χ0n) is 58.8. The van der Waals surface area contributed by atoms with Crippen LogP contribution in [0.4, 0.5) is 0 Å². The van der Waals surface area contributed by atoms with Crippen LogP contribution in [0.15, 0.2) is 24.3 Å². The number of carbonyl (C=O) groups excluding carboxylic acids is 4. The number of aliphatic hydroxyl groups is 1. The number of hydrogen-bond acceptors (Lipinski definition) is 15. The van der Waals surface area contributed by atoms with Crippen LogP contribution >= 0.6 is 15.6 Å². The fraction of sp³-hybridized carbons (Fsp3) is 0.889. The van der Waals surface area contributed by atoms with Gasteiger partial charge >= 0.3 is 39.5 Å². The Kier molecular flexibility index (Phi) is 60.7. The topological polar surface area (TPSA) is 237 Å². The number of phosphoric ester groups is 2. The maximum atomic E-state index is 13.0. The van der Waals surface area contributed by atoms with E-state index in [4.69, 9.17) is 37.0 Å². The van der Waals surface area contributed by atoms with Gasteiger partial charge in [-0.3, -0.25) is 37.3 Å². The molecule has 0 bridgehead atoms.